The van der Waals surface area contributed by atoms with Gasteiger partial charge in [0.1, 0.15) is 11.6 Å². The van der Waals surface area contributed by atoms with E-state index < -0.39 is 6.43 Å². The van der Waals surface area contributed by atoms with Gasteiger partial charge in [0.15, 0.2) is 0 Å². The molecule has 0 aliphatic rings. The normalized spacial score (nSPS) is 10.8. The zero-order valence-corrected chi connectivity index (χ0v) is 9.08. The predicted molar refractivity (Wildman–Crippen MR) is 59.9 cm³/mol. The minimum atomic E-state index is -2.60. The topological polar surface area (TPSA) is 63.9 Å². The van der Waals surface area contributed by atoms with Crippen LogP contribution < -0.4 is 10.5 Å². The number of nitrogens with zero attached hydrogens (tertiary/aromatic N) is 1. The average Bonchev–Trinajstić information content (AvgIpc) is 2.74. The van der Waals surface area contributed by atoms with Crippen LogP contribution in [-0.4, -0.2) is 17.3 Å². The van der Waals surface area contributed by atoms with Crippen LogP contribution in [0, 0.1) is 0 Å². The van der Waals surface area contributed by atoms with Crippen molar-refractivity contribution in [1.29, 1.82) is 0 Å². The van der Waals surface area contributed by atoms with Crippen LogP contribution in [0.3, 0.4) is 0 Å². The van der Waals surface area contributed by atoms with E-state index >= 15 is 0 Å². The van der Waals surface area contributed by atoms with Crippen LogP contribution in [0.5, 0.6) is 5.75 Å². The number of hydrogen-bond acceptors (Lipinski definition) is 3. The van der Waals surface area contributed by atoms with Crippen LogP contribution in [0.2, 0.25) is 0 Å². The zero-order valence-electron chi connectivity index (χ0n) is 9.08. The number of aromatic amines is 1. The number of benzene rings is 1. The molecule has 0 atom stereocenters. The third-order valence-electron chi connectivity index (χ3n) is 2.45. The second-order valence-corrected chi connectivity index (χ2v) is 3.42. The molecule has 0 amide bonds. The number of methoxy groups -OCH3 is 1. The predicted octanol–water partition coefficient (Wildman–Crippen LogP) is 2.61. The van der Waals surface area contributed by atoms with Gasteiger partial charge in [-0.05, 0) is 6.07 Å². The summed E-state index contributed by atoms with van der Waals surface area (Å²) in [4.78, 5) is 0. The molecular formula is C11H11F2N3O. The molecular weight excluding hydrogens is 228 g/mol. The van der Waals surface area contributed by atoms with E-state index in [0.717, 1.165) is 0 Å². The van der Waals surface area contributed by atoms with E-state index in [0.29, 0.717) is 11.3 Å². The molecule has 1 aromatic carbocycles. The fraction of sp³-hybridized carbons (Fsp3) is 0.182. The summed E-state index contributed by atoms with van der Waals surface area (Å²) in [7, 11) is 1.42. The molecule has 0 unspecified atom stereocenters. The van der Waals surface area contributed by atoms with Crippen molar-refractivity contribution in [3.63, 3.8) is 0 Å². The molecule has 0 saturated carbocycles. The molecule has 0 saturated heterocycles. The number of alkyl halides is 2. The highest BCUT2D eigenvalue weighted by Gasteiger charge is 2.20. The van der Waals surface area contributed by atoms with Gasteiger partial charge >= 0.3 is 0 Å². The van der Waals surface area contributed by atoms with E-state index in [2.05, 4.69) is 10.2 Å². The molecule has 0 radical (unpaired) electrons. The smallest absolute Gasteiger partial charge is 0.264 e. The van der Waals surface area contributed by atoms with Gasteiger partial charge in [0.05, 0.1) is 13.3 Å². The highest BCUT2D eigenvalue weighted by Crippen LogP contribution is 2.39. The van der Waals surface area contributed by atoms with Gasteiger partial charge in [0.2, 0.25) is 0 Å². The monoisotopic (exact) mass is 239 g/mol. The van der Waals surface area contributed by atoms with Crippen molar-refractivity contribution in [2.24, 2.45) is 0 Å². The van der Waals surface area contributed by atoms with Gasteiger partial charge in [0.25, 0.3) is 6.43 Å². The van der Waals surface area contributed by atoms with Gasteiger partial charge in [-0.1, -0.05) is 12.1 Å². The first-order chi connectivity index (χ1) is 8.15. The Morgan fingerprint density at radius 1 is 1.41 bits per heavy atom. The second-order valence-electron chi connectivity index (χ2n) is 3.42. The Morgan fingerprint density at radius 2 is 2.18 bits per heavy atom. The highest BCUT2D eigenvalue weighted by atomic mass is 19.3. The van der Waals surface area contributed by atoms with Crippen molar-refractivity contribution >= 4 is 5.82 Å². The van der Waals surface area contributed by atoms with Crippen molar-refractivity contribution < 1.29 is 13.5 Å². The van der Waals surface area contributed by atoms with E-state index in [9.17, 15) is 8.78 Å². The molecule has 0 bridgehead atoms. The number of nitrogens with two attached hydrogens (primary N) is 1. The van der Waals surface area contributed by atoms with E-state index in [1.54, 1.807) is 6.07 Å². The lowest BCUT2D eigenvalue weighted by molar-refractivity contribution is 0.151. The molecule has 90 valence electrons. The Labute approximate surface area is 96.4 Å². The fourth-order valence-electron chi connectivity index (χ4n) is 1.68. The van der Waals surface area contributed by atoms with Gasteiger partial charge in [0, 0.05) is 16.7 Å². The summed E-state index contributed by atoms with van der Waals surface area (Å²) in [5.74, 6) is 0.576. The third-order valence-corrected chi connectivity index (χ3v) is 2.45. The van der Waals surface area contributed by atoms with Gasteiger partial charge < -0.3 is 10.5 Å². The van der Waals surface area contributed by atoms with Gasteiger partial charge in [-0.15, -0.1) is 0 Å². The largest absolute Gasteiger partial charge is 0.496 e. The van der Waals surface area contributed by atoms with Gasteiger partial charge in [-0.2, -0.15) is 5.10 Å². The van der Waals surface area contributed by atoms with Crippen LogP contribution in [0.4, 0.5) is 14.6 Å². The Morgan fingerprint density at radius 3 is 2.71 bits per heavy atom. The zero-order chi connectivity index (χ0) is 12.4. The summed E-state index contributed by atoms with van der Waals surface area (Å²) in [6, 6.07) is 4.46. The van der Waals surface area contributed by atoms with Crippen molar-refractivity contribution in [3.8, 4) is 16.9 Å². The average molecular weight is 239 g/mol. The molecule has 2 rings (SSSR count). The number of halogens is 2. The Kier molecular flexibility index (Phi) is 2.95. The number of aromatic nitrogens is 2. The summed E-state index contributed by atoms with van der Waals surface area (Å²) >= 11 is 0. The second kappa shape index (κ2) is 4.40. The first-order valence-corrected chi connectivity index (χ1v) is 4.89. The van der Waals surface area contributed by atoms with Crippen LogP contribution in [-0.2, 0) is 0 Å². The first-order valence-electron chi connectivity index (χ1n) is 4.89. The molecule has 17 heavy (non-hydrogen) atoms. The van der Waals surface area contributed by atoms with E-state index in [1.165, 1.54) is 25.4 Å². The molecule has 1 aromatic heterocycles. The lowest BCUT2D eigenvalue weighted by Gasteiger charge is -2.12. The van der Waals surface area contributed by atoms with Crippen molar-refractivity contribution in [1.82, 2.24) is 10.2 Å². The quantitative estimate of drug-likeness (QED) is 0.865. The molecule has 0 spiro atoms. The summed E-state index contributed by atoms with van der Waals surface area (Å²) in [5, 5.41) is 6.24. The van der Waals surface area contributed by atoms with Crippen LogP contribution in [0.25, 0.3) is 11.1 Å². The van der Waals surface area contributed by atoms with Gasteiger partial charge in [-0.25, -0.2) is 8.78 Å². The van der Waals surface area contributed by atoms with Crippen LogP contribution in [0.15, 0.2) is 24.4 Å². The van der Waals surface area contributed by atoms with Gasteiger partial charge in [-0.3, -0.25) is 5.10 Å². The standard InChI is InChI=1S/C11H11F2N3O/c1-17-8-4-2-3-6(10(12)13)9(8)7-5-15-16-11(7)14/h2-5,10H,1H3,(H3,14,15,16). The summed E-state index contributed by atoms with van der Waals surface area (Å²) in [6.07, 6.45) is -1.20. The maximum atomic E-state index is 12.9. The van der Waals surface area contributed by atoms with Crippen molar-refractivity contribution in [2.75, 3.05) is 12.8 Å². The highest BCUT2D eigenvalue weighted by molar-refractivity contribution is 5.80. The molecule has 1 heterocycles. The fourth-order valence-corrected chi connectivity index (χ4v) is 1.68. The van der Waals surface area contributed by atoms with E-state index in [1.807, 2.05) is 0 Å². The molecule has 4 nitrogen and oxygen atoms in total. The lowest BCUT2D eigenvalue weighted by Crippen LogP contribution is -1.96. The minimum Gasteiger partial charge on any atom is -0.496 e. The molecule has 3 N–H and O–H groups in total. The summed E-state index contributed by atoms with van der Waals surface area (Å²) in [6.45, 7) is 0. The van der Waals surface area contributed by atoms with Crippen molar-refractivity contribution in [3.05, 3.63) is 30.0 Å². The molecule has 6 heteroatoms. The molecule has 0 aliphatic carbocycles. The number of H-pyrrole nitrogens is 1. The molecule has 2 aromatic rings. The third kappa shape index (κ3) is 1.93. The number of nitrogen functional groups attached to an aromatic ring is 1. The SMILES string of the molecule is COc1cccc(C(F)F)c1-c1cn[nH]c1N. The van der Waals surface area contributed by atoms with E-state index in [-0.39, 0.29) is 16.9 Å². The van der Waals surface area contributed by atoms with Crippen molar-refractivity contribution in [2.45, 2.75) is 6.43 Å². The summed E-state index contributed by atoms with van der Waals surface area (Å²) < 4.78 is 31.0. The first kappa shape index (κ1) is 11.4. The maximum absolute atomic E-state index is 12.9. The number of ether oxygens (including phenoxy) is 1. The van der Waals surface area contributed by atoms with Crippen LogP contribution >= 0.6 is 0 Å². The molecule has 0 aliphatic heterocycles. The lowest BCUT2D eigenvalue weighted by atomic mass is 10.0. The number of hydrogen-bond donors (Lipinski definition) is 2. The maximum Gasteiger partial charge on any atom is 0.264 e. The van der Waals surface area contributed by atoms with Crippen LogP contribution in [0.1, 0.15) is 12.0 Å². The summed E-state index contributed by atoms with van der Waals surface area (Å²) in [5.41, 5.74) is 6.21. The molecule has 0 fully saturated rings. The van der Waals surface area contributed by atoms with E-state index in [4.69, 9.17) is 10.5 Å². The Balaban J connectivity index is 2.69. The number of rotatable bonds is 3. The number of anilines is 1. The Bertz CT molecular complexity index is 525. The minimum absolute atomic E-state index is 0.127. The Hall–Kier alpha value is -2.11. The number of nitrogens with one attached hydrogen (secondary N) is 1.